The van der Waals surface area contributed by atoms with Crippen molar-refractivity contribution in [2.45, 2.75) is 6.04 Å². The van der Waals surface area contributed by atoms with Gasteiger partial charge in [-0.15, -0.1) is 0 Å². The molecule has 1 atom stereocenters. The summed E-state index contributed by atoms with van der Waals surface area (Å²) in [5.41, 5.74) is 0.837. The third-order valence-corrected chi connectivity index (χ3v) is 7.20. The van der Waals surface area contributed by atoms with Crippen LogP contribution in [0.15, 0.2) is 68.9 Å². The Kier molecular flexibility index (Phi) is 5.73. The van der Waals surface area contributed by atoms with Crippen LogP contribution in [0.4, 0.5) is 5.13 Å². The van der Waals surface area contributed by atoms with E-state index in [1.807, 2.05) is 0 Å². The molecule has 1 unspecified atom stereocenters. The summed E-state index contributed by atoms with van der Waals surface area (Å²) >= 11 is 4.49. The number of hydrogen-bond donors (Lipinski definition) is 2. The lowest BCUT2D eigenvalue weighted by atomic mass is 9.95. The van der Waals surface area contributed by atoms with Crippen LogP contribution in [0, 0.1) is 0 Å². The van der Waals surface area contributed by atoms with E-state index in [0.717, 1.165) is 4.70 Å². The molecule has 0 saturated carbocycles. The number of halogens is 1. The molecule has 0 radical (unpaired) electrons. The number of aromatic nitrogens is 1. The normalized spacial score (nSPS) is 15.8. The van der Waals surface area contributed by atoms with E-state index in [9.17, 15) is 19.8 Å². The molecule has 3 heterocycles. The van der Waals surface area contributed by atoms with Gasteiger partial charge in [0, 0.05) is 0 Å². The molecule has 1 amide bonds. The Labute approximate surface area is 211 Å². The predicted octanol–water partition coefficient (Wildman–Crippen LogP) is 5.16. The lowest BCUT2D eigenvalue weighted by Gasteiger charge is -2.25. The number of ether oxygens (including phenoxy) is 2. The number of rotatable bonds is 6. The summed E-state index contributed by atoms with van der Waals surface area (Å²) < 4.78 is 16.8. The second-order valence-corrected chi connectivity index (χ2v) is 9.39. The van der Waals surface area contributed by atoms with E-state index in [2.05, 4.69) is 20.9 Å². The van der Waals surface area contributed by atoms with E-state index in [1.165, 1.54) is 47.8 Å². The van der Waals surface area contributed by atoms with E-state index in [1.54, 1.807) is 31.4 Å². The maximum atomic E-state index is 13.4. The number of amides is 1. The van der Waals surface area contributed by atoms with Crippen molar-refractivity contribution in [3.63, 3.8) is 0 Å². The summed E-state index contributed by atoms with van der Waals surface area (Å²) in [7, 11) is 2.93. The molecule has 0 aliphatic carbocycles. The Morgan fingerprint density at radius 3 is 2.66 bits per heavy atom. The maximum Gasteiger partial charge on any atom is 0.296 e. The third-order valence-electron chi connectivity index (χ3n) is 5.57. The molecular weight excluding hydrogens is 540 g/mol. The highest BCUT2D eigenvalue weighted by molar-refractivity contribution is 9.10. The molecule has 178 valence electrons. The van der Waals surface area contributed by atoms with E-state index in [4.69, 9.17) is 13.9 Å². The minimum absolute atomic E-state index is 0.0370. The number of phenols is 1. The first-order valence-corrected chi connectivity index (χ1v) is 11.8. The average Bonchev–Trinajstić information content (AvgIpc) is 3.59. The number of carbonyl (C=O) groups is 2. The lowest BCUT2D eigenvalue weighted by molar-refractivity contribution is -0.117. The minimum atomic E-state index is -1.08. The molecule has 2 N–H and O–H groups in total. The van der Waals surface area contributed by atoms with Crippen molar-refractivity contribution < 1.29 is 33.7 Å². The number of anilines is 1. The summed E-state index contributed by atoms with van der Waals surface area (Å²) in [5, 5.41) is 21.5. The van der Waals surface area contributed by atoms with Crippen LogP contribution in [0.5, 0.6) is 17.2 Å². The summed E-state index contributed by atoms with van der Waals surface area (Å²) in [5.74, 6) is -1.60. The Morgan fingerprint density at radius 1 is 1.17 bits per heavy atom. The molecule has 2 aromatic heterocycles. The van der Waals surface area contributed by atoms with Crippen LogP contribution < -0.4 is 14.4 Å². The number of ketones is 1. The van der Waals surface area contributed by atoms with E-state index < -0.39 is 23.5 Å². The molecule has 4 aromatic rings. The summed E-state index contributed by atoms with van der Waals surface area (Å²) in [4.78, 5) is 32.6. The molecule has 0 saturated heterocycles. The summed E-state index contributed by atoms with van der Waals surface area (Å²) in [6.07, 6.45) is 1.33. The van der Waals surface area contributed by atoms with Gasteiger partial charge in [0.1, 0.15) is 5.75 Å². The van der Waals surface area contributed by atoms with Gasteiger partial charge in [0.05, 0.1) is 46.8 Å². The standard InChI is InChI=1S/C24H17BrN2O7S/c1-32-12-5-6-14-17(10-12)35-24(26-14)27-19(11-8-13(25)20(28)16(9-11)33-2)18(22(30)23(27)31)21(29)15-4-3-7-34-15/h3-10,19,28,30H,1-2H3. The van der Waals surface area contributed by atoms with Crippen LogP contribution >= 0.6 is 27.3 Å². The molecule has 0 fully saturated rings. The first kappa shape index (κ1) is 22.9. The number of aliphatic hydroxyl groups is 1. The second kappa shape index (κ2) is 8.75. The predicted molar refractivity (Wildman–Crippen MR) is 131 cm³/mol. The van der Waals surface area contributed by atoms with Gasteiger partial charge in [-0.2, -0.15) is 0 Å². The lowest BCUT2D eigenvalue weighted by Crippen LogP contribution is -2.31. The smallest absolute Gasteiger partial charge is 0.296 e. The maximum absolute atomic E-state index is 13.4. The molecule has 1 aliphatic rings. The monoisotopic (exact) mass is 556 g/mol. The van der Waals surface area contributed by atoms with Gasteiger partial charge in [0.2, 0.25) is 5.78 Å². The van der Waals surface area contributed by atoms with Gasteiger partial charge < -0.3 is 24.1 Å². The van der Waals surface area contributed by atoms with Crippen molar-refractivity contribution in [2.24, 2.45) is 0 Å². The number of methoxy groups -OCH3 is 2. The number of Topliss-reactive ketones (excluding diaryl/α,β-unsaturated/α-hetero) is 1. The number of benzene rings is 2. The zero-order valence-corrected chi connectivity index (χ0v) is 20.7. The number of thiazole rings is 1. The highest BCUT2D eigenvalue weighted by atomic mass is 79.9. The first-order chi connectivity index (χ1) is 16.8. The Balaban J connectivity index is 1.71. The number of furan rings is 1. The van der Waals surface area contributed by atoms with Gasteiger partial charge >= 0.3 is 0 Å². The van der Waals surface area contributed by atoms with Crippen molar-refractivity contribution in [1.82, 2.24) is 4.98 Å². The molecule has 5 rings (SSSR count). The van der Waals surface area contributed by atoms with Gasteiger partial charge in [0.15, 0.2) is 28.1 Å². The van der Waals surface area contributed by atoms with Crippen LogP contribution in [-0.2, 0) is 4.79 Å². The van der Waals surface area contributed by atoms with Crippen molar-refractivity contribution in [2.75, 3.05) is 19.1 Å². The van der Waals surface area contributed by atoms with Crippen LogP contribution in [0.25, 0.3) is 10.2 Å². The summed E-state index contributed by atoms with van der Waals surface area (Å²) in [6, 6.07) is 10.2. The Bertz CT molecular complexity index is 1510. The SMILES string of the molecule is COc1ccc2nc(N3C(=O)C(O)=C(C(=O)c4ccco4)C3c3cc(Br)c(O)c(OC)c3)sc2c1. The largest absolute Gasteiger partial charge is 0.503 e. The van der Waals surface area contributed by atoms with E-state index >= 15 is 0 Å². The fourth-order valence-corrected chi connectivity index (χ4v) is 5.40. The number of phenolic OH excluding ortho intramolecular Hbond substituents is 1. The van der Waals surface area contributed by atoms with Crippen molar-refractivity contribution in [3.05, 3.63) is 75.9 Å². The average molecular weight is 557 g/mol. The molecule has 35 heavy (non-hydrogen) atoms. The van der Waals surface area contributed by atoms with Gasteiger partial charge in [0.25, 0.3) is 5.91 Å². The molecule has 11 heteroatoms. The van der Waals surface area contributed by atoms with E-state index in [-0.39, 0.29) is 32.4 Å². The van der Waals surface area contributed by atoms with Crippen molar-refractivity contribution in [1.29, 1.82) is 0 Å². The number of carbonyl (C=O) groups excluding carboxylic acids is 2. The minimum Gasteiger partial charge on any atom is -0.503 e. The number of hydrogen-bond acceptors (Lipinski definition) is 9. The number of nitrogens with zero attached hydrogens (tertiary/aromatic N) is 2. The first-order valence-electron chi connectivity index (χ1n) is 10.2. The molecule has 9 nitrogen and oxygen atoms in total. The van der Waals surface area contributed by atoms with Crippen molar-refractivity contribution in [3.8, 4) is 17.2 Å². The van der Waals surface area contributed by atoms with Crippen LogP contribution in [-0.4, -0.2) is 41.1 Å². The Morgan fingerprint density at radius 2 is 1.97 bits per heavy atom. The molecule has 1 aliphatic heterocycles. The second-order valence-electron chi connectivity index (χ2n) is 7.53. The van der Waals surface area contributed by atoms with Gasteiger partial charge in [-0.05, 0) is 64.0 Å². The fourth-order valence-electron chi connectivity index (χ4n) is 3.92. The zero-order valence-electron chi connectivity index (χ0n) is 18.3. The molecule has 2 aromatic carbocycles. The number of fused-ring (bicyclic) bond motifs is 1. The molecule has 0 bridgehead atoms. The zero-order chi connectivity index (χ0) is 24.9. The number of aromatic hydroxyl groups is 1. The number of aliphatic hydroxyl groups excluding tert-OH is 1. The highest BCUT2D eigenvalue weighted by Crippen LogP contribution is 2.47. The molecular formula is C24H17BrN2O7S. The summed E-state index contributed by atoms with van der Waals surface area (Å²) in [6.45, 7) is 0. The fraction of sp³-hybridized carbons (Fsp3) is 0.125. The van der Waals surface area contributed by atoms with Crippen LogP contribution in [0.1, 0.15) is 22.2 Å². The van der Waals surface area contributed by atoms with Crippen molar-refractivity contribution >= 4 is 54.3 Å². The van der Waals surface area contributed by atoms with Gasteiger partial charge in [-0.25, -0.2) is 4.98 Å². The topological polar surface area (TPSA) is 122 Å². The highest BCUT2D eigenvalue weighted by Gasteiger charge is 2.47. The Hall–Kier alpha value is -3.83. The van der Waals surface area contributed by atoms with Crippen LogP contribution in [0.3, 0.4) is 0 Å². The van der Waals surface area contributed by atoms with Gasteiger partial charge in [-0.1, -0.05) is 11.3 Å². The molecule has 0 spiro atoms. The third kappa shape index (κ3) is 3.72. The van der Waals surface area contributed by atoms with Crippen LogP contribution in [0.2, 0.25) is 0 Å². The quantitative estimate of drug-likeness (QED) is 0.312. The van der Waals surface area contributed by atoms with Gasteiger partial charge in [-0.3, -0.25) is 14.5 Å². The van der Waals surface area contributed by atoms with E-state index in [0.29, 0.717) is 16.8 Å².